The molecule has 0 nitrogen and oxygen atoms in total. The summed E-state index contributed by atoms with van der Waals surface area (Å²) in [5, 5.41) is 0.532. The van der Waals surface area contributed by atoms with Crippen LogP contribution in [0.15, 0.2) is 0 Å². The highest BCUT2D eigenvalue weighted by atomic mass is 32.1. The fourth-order valence-corrected chi connectivity index (χ4v) is 0.869. The average Bonchev–Trinajstić information content (AvgIpc) is 1.82. The van der Waals surface area contributed by atoms with Gasteiger partial charge in [0.2, 0.25) is 0 Å². The number of unbranched alkanes of at least 4 members (excludes halogenated alkanes) is 1. The molecule has 1 radical (unpaired) electrons. The highest BCUT2D eigenvalue weighted by Crippen LogP contribution is 2.16. The van der Waals surface area contributed by atoms with E-state index in [4.69, 9.17) is 0 Å². The molecule has 55 valence electrons. The second-order valence-electron chi connectivity index (χ2n) is 2.74. The first kappa shape index (κ1) is 9.35. The van der Waals surface area contributed by atoms with Crippen LogP contribution in [0.4, 0.5) is 0 Å². The van der Waals surface area contributed by atoms with Gasteiger partial charge in [-0.2, -0.15) is 12.6 Å². The van der Waals surface area contributed by atoms with Gasteiger partial charge in [-0.15, -0.1) is 0 Å². The van der Waals surface area contributed by atoms with Crippen LogP contribution in [0.25, 0.3) is 0 Å². The lowest BCUT2D eigenvalue weighted by molar-refractivity contribution is 0.692. The molecule has 0 aliphatic rings. The lowest BCUT2D eigenvalue weighted by Gasteiger charge is -2.12. The summed E-state index contributed by atoms with van der Waals surface area (Å²) in [5.74, 6) is 1.44. The van der Waals surface area contributed by atoms with Crippen LogP contribution in [0, 0.1) is 5.92 Å². The van der Waals surface area contributed by atoms with E-state index in [2.05, 4.69) is 33.4 Å². The number of hydrogen-bond donors (Lipinski definition) is 1. The van der Waals surface area contributed by atoms with Crippen molar-refractivity contribution in [2.45, 2.75) is 45.3 Å². The minimum Gasteiger partial charge on any atom is -0.175 e. The van der Waals surface area contributed by atoms with E-state index in [1.54, 1.807) is 0 Å². The molecule has 9 heavy (non-hydrogen) atoms. The smallest absolute Gasteiger partial charge is 0.00735 e. The molecular formula is C8H17S. The van der Waals surface area contributed by atoms with Crippen LogP contribution in [0.3, 0.4) is 0 Å². The van der Waals surface area contributed by atoms with Gasteiger partial charge >= 0.3 is 0 Å². The van der Waals surface area contributed by atoms with Crippen LogP contribution < -0.4 is 0 Å². The van der Waals surface area contributed by atoms with Crippen molar-refractivity contribution < 1.29 is 0 Å². The van der Waals surface area contributed by atoms with Gasteiger partial charge in [-0.1, -0.05) is 33.6 Å². The monoisotopic (exact) mass is 145 g/mol. The maximum Gasteiger partial charge on any atom is 0.00735 e. The standard InChI is InChI=1S/C8H17S/c1-4-5-6-8(9)7(2)3/h8-9H,4-6H2,1-3H3. The van der Waals surface area contributed by atoms with E-state index in [0.717, 1.165) is 0 Å². The molecule has 0 bridgehead atoms. The van der Waals surface area contributed by atoms with E-state index in [0.29, 0.717) is 5.25 Å². The van der Waals surface area contributed by atoms with Gasteiger partial charge < -0.3 is 0 Å². The zero-order chi connectivity index (χ0) is 7.28. The summed E-state index contributed by atoms with van der Waals surface area (Å²) < 4.78 is 0. The molecule has 0 aromatic carbocycles. The summed E-state index contributed by atoms with van der Waals surface area (Å²) in [6.07, 6.45) is 3.83. The SMILES string of the molecule is CCCCC(S)[C](C)C. The zero-order valence-corrected chi connectivity index (χ0v) is 7.54. The Morgan fingerprint density at radius 3 is 2.33 bits per heavy atom. The molecule has 1 atom stereocenters. The minimum atomic E-state index is 0.532. The van der Waals surface area contributed by atoms with Gasteiger partial charge in [0.25, 0.3) is 0 Å². The van der Waals surface area contributed by atoms with E-state index in [9.17, 15) is 0 Å². The molecule has 1 heteroatoms. The molecule has 0 heterocycles. The van der Waals surface area contributed by atoms with E-state index >= 15 is 0 Å². The molecular weight excluding hydrogens is 128 g/mol. The Morgan fingerprint density at radius 2 is 2.00 bits per heavy atom. The highest BCUT2D eigenvalue weighted by molar-refractivity contribution is 7.81. The molecule has 0 spiro atoms. The van der Waals surface area contributed by atoms with Crippen molar-refractivity contribution in [3.63, 3.8) is 0 Å². The fraction of sp³-hybridized carbons (Fsp3) is 0.875. The molecule has 1 unspecified atom stereocenters. The quantitative estimate of drug-likeness (QED) is 0.577. The van der Waals surface area contributed by atoms with Crippen LogP contribution in [-0.2, 0) is 0 Å². The lowest BCUT2D eigenvalue weighted by Crippen LogP contribution is -2.04. The van der Waals surface area contributed by atoms with Crippen molar-refractivity contribution in [2.75, 3.05) is 0 Å². The summed E-state index contributed by atoms with van der Waals surface area (Å²) in [6, 6.07) is 0. The summed E-state index contributed by atoms with van der Waals surface area (Å²) in [6.45, 7) is 6.51. The molecule has 0 saturated heterocycles. The summed E-state index contributed by atoms with van der Waals surface area (Å²) in [5.41, 5.74) is 0. The fourth-order valence-electron chi connectivity index (χ4n) is 0.686. The van der Waals surface area contributed by atoms with Gasteiger partial charge in [-0.3, -0.25) is 0 Å². The Balaban J connectivity index is 3.16. The maximum atomic E-state index is 4.42. The van der Waals surface area contributed by atoms with Crippen molar-refractivity contribution in [3.05, 3.63) is 5.92 Å². The molecule has 0 amide bonds. The molecule has 0 N–H and O–H groups in total. The molecule has 0 rings (SSSR count). The Bertz CT molecular complexity index is 59.6. The molecule has 0 aromatic rings. The van der Waals surface area contributed by atoms with Crippen molar-refractivity contribution >= 4 is 12.6 Å². The summed E-state index contributed by atoms with van der Waals surface area (Å²) >= 11 is 4.42. The van der Waals surface area contributed by atoms with E-state index in [-0.39, 0.29) is 0 Å². The average molecular weight is 145 g/mol. The third-order valence-corrected chi connectivity index (χ3v) is 2.27. The zero-order valence-electron chi connectivity index (χ0n) is 6.65. The van der Waals surface area contributed by atoms with Gasteiger partial charge in [-0.25, -0.2) is 0 Å². The molecule has 0 aliphatic heterocycles. The van der Waals surface area contributed by atoms with Crippen molar-refractivity contribution in [3.8, 4) is 0 Å². The first-order chi connectivity index (χ1) is 4.18. The first-order valence-electron chi connectivity index (χ1n) is 3.66. The van der Waals surface area contributed by atoms with Crippen LogP contribution in [-0.4, -0.2) is 5.25 Å². The van der Waals surface area contributed by atoms with Crippen LogP contribution in [0.5, 0.6) is 0 Å². The number of hydrogen-bond acceptors (Lipinski definition) is 1. The normalized spacial score (nSPS) is 14.3. The predicted molar refractivity (Wildman–Crippen MR) is 46.9 cm³/mol. The highest BCUT2D eigenvalue weighted by Gasteiger charge is 2.06. The Morgan fingerprint density at radius 1 is 1.44 bits per heavy atom. The second kappa shape index (κ2) is 5.16. The van der Waals surface area contributed by atoms with Crippen molar-refractivity contribution in [1.29, 1.82) is 0 Å². The molecule has 0 aliphatic carbocycles. The summed E-state index contributed by atoms with van der Waals surface area (Å²) in [4.78, 5) is 0. The Labute approximate surface area is 64.4 Å². The van der Waals surface area contributed by atoms with Crippen LogP contribution >= 0.6 is 12.6 Å². The largest absolute Gasteiger partial charge is 0.175 e. The maximum absolute atomic E-state index is 4.42. The van der Waals surface area contributed by atoms with Crippen LogP contribution in [0.2, 0.25) is 0 Å². The van der Waals surface area contributed by atoms with E-state index in [1.165, 1.54) is 25.2 Å². The van der Waals surface area contributed by atoms with Crippen molar-refractivity contribution in [2.24, 2.45) is 0 Å². The summed E-state index contributed by atoms with van der Waals surface area (Å²) in [7, 11) is 0. The van der Waals surface area contributed by atoms with Gasteiger partial charge in [0, 0.05) is 5.25 Å². The number of thiol groups is 1. The third kappa shape index (κ3) is 4.83. The Hall–Kier alpha value is 0.350. The van der Waals surface area contributed by atoms with Gasteiger partial charge in [0.05, 0.1) is 0 Å². The molecule has 0 aromatic heterocycles. The third-order valence-electron chi connectivity index (χ3n) is 1.50. The van der Waals surface area contributed by atoms with Crippen LogP contribution in [0.1, 0.15) is 40.0 Å². The minimum absolute atomic E-state index is 0.532. The Kier molecular flexibility index (Phi) is 5.36. The number of rotatable bonds is 4. The van der Waals surface area contributed by atoms with Gasteiger partial charge in [0.15, 0.2) is 0 Å². The topological polar surface area (TPSA) is 0 Å². The van der Waals surface area contributed by atoms with Gasteiger partial charge in [-0.05, 0) is 12.3 Å². The van der Waals surface area contributed by atoms with Gasteiger partial charge in [0.1, 0.15) is 0 Å². The van der Waals surface area contributed by atoms with E-state index < -0.39 is 0 Å². The second-order valence-corrected chi connectivity index (χ2v) is 3.36. The first-order valence-corrected chi connectivity index (χ1v) is 4.18. The molecule has 0 fully saturated rings. The lowest BCUT2D eigenvalue weighted by atomic mass is 10.1. The van der Waals surface area contributed by atoms with E-state index in [1.807, 2.05) is 0 Å². The predicted octanol–water partition coefficient (Wildman–Crippen LogP) is 3.09. The van der Waals surface area contributed by atoms with Crippen molar-refractivity contribution in [1.82, 2.24) is 0 Å². The molecule has 0 saturated carbocycles.